The predicted octanol–water partition coefficient (Wildman–Crippen LogP) is 18.6. The molecule has 0 fully saturated rings. The van der Waals surface area contributed by atoms with Gasteiger partial charge in [-0.05, 0) is 25.9 Å². The van der Waals surface area contributed by atoms with E-state index in [1.807, 2.05) is 0 Å². The quantitative estimate of drug-likeness (QED) is 0.0618. The molecule has 51 heavy (non-hydrogen) atoms. The zero-order chi connectivity index (χ0) is 36.6. The van der Waals surface area contributed by atoms with Crippen molar-refractivity contribution in [1.82, 2.24) is 5.32 Å². The predicted molar refractivity (Wildman–Crippen MR) is 237 cm³/mol. The van der Waals surface area contributed by atoms with Crippen LogP contribution >= 0.6 is 0 Å². The molecule has 1 N–H and O–H groups in total. The van der Waals surface area contributed by atoms with Gasteiger partial charge in [0.1, 0.15) is 0 Å². The third-order valence-electron chi connectivity index (χ3n) is 11.9. The molecule has 0 spiro atoms. The summed E-state index contributed by atoms with van der Waals surface area (Å²) in [6.45, 7) is 7.04. The SMILES string of the molecule is CCCCCCCCCCCCCCCCCCCCCCCCCCCCCCCCCCCCCCCCCCCCCCNCCCC. The Kier molecular flexibility index (Phi) is 49.9. The fourth-order valence-electron chi connectivity index (χ4n) is 8.17. The summed E-state index contributed by atoms with van der Waals surface area (Å²) in [5.74, 6) is 0. The normalized spacial score (nSPS) is 11.6. The van der Waals surface area contributed by atoms with Gasteiger partial charge < -0.3 is 5.32 Å². The first-order valence-electron chi connectivity index (χ1n) is 25.1. The maximum Gasteiger partial charge on any atom is -0.00489 e. The van der Waals surface area contributed by atoms with Crippen molar-refractivity contribution in [3.63, 3.8) is 0 Å². The molecule has 0 aliphatic carbocycles. The van der Waals surface area contributed by atoms with E-state index in [0.717, 1.165) is 0 Å². The summed E-state index contributed by atoms with van der Waals surface area (Å²) in [4.78, 5) is 0. The average Bonchev–Trinajstić information content (AvgIpc) is 3.14. The van der Waals surface area contributed by atoms with Gasteiger partial charge in [0.05, 0.1) is 0 Å². The zero-order valence-corrected chi connectivity index (χ0v) is 36.4. The van der Waals surface area contributed by atoms with Crippen LogP contribution in [0.15, 0.2) is 0 Å². The van der Waals surface area contributed by atoms with Crippen molar-refractivity contribution in [3.05, 3.63) is 0 Å². The Morgan fingerprint density at radius 2 is 0.294 bits per heavy atom. The molecular formula is C50H103N. The van der Waals surface area contributed by atoms with Gasteiger partial charge in [-0.15, -0.1) is 0 Å². The van der Waals surface area contributed by atoms with Crippen molar-refractivity contribution in [1.29, 1.82) is 0 Å². The van der Waals surface area contributed by atoms with E-state index in [2.05, 4.69) is 19.2 Å². The lowest BCUT2D eigenvalue weighted by atomic mass is 10.0. The standard InChI is InChI=1S/C50H103N/c1-3-5-7-8-9-10-11-12-13-14-15-16-17-18-19-20-21-22-23-24-25-26-27-28-29-30-31-32-33-34-35-36-37-38-39-40-41-42-43-44-45-46-47-48-50-51-49-6-4-2/h51H,3-50H2,1-2H3. The first kappa shape index (κ1) is 51.0. The van der Waals surface area contributed by atoms with Crippen molar-refractivity contribution < 1.29 is 0 Å². The topological polar surface area (TPSA) is 12.0 Å². The van der Waals surface area contributed by atoms with Crippen molar-refractivity contribution in [3.8, 4) is 0 Å². The maximum absolute atomic E-state index is 3.57. The van der Waals surface area contributed by atoms with Gasteiger partial charge in [0.15, 0.2) is 0 Å². The second kappa shape index (κ2) is 50.0. The van der Waals surface area contributed by atoms with Crippen LogP contribution in [0.25, 0.3) is 0 Å². The zero-order valence-electron chi connectivity index (χ0n) is 36.4. The third-order valence-corrected chi connectivity index (χ3v) is 11.9. The molecule has 1 heteroatoms. The number of unbranched alkanes of at least 4 members (excludes halogenated alkanes) is 44. The van der Waals surface area contributed by atoms with Crippen LogP contribution in [-0.4, -0.2) is 13.1 Å². The minimum absolute atomic E-state index is 1.22. The lowest BCUT2D eigenvalue weighted by Gasteiger charge is -2.05. The van der Waals surface area contributed by atoms with Gasteiger partial charge >= 0.3 is 0 Å². The average molecular weight is 718 g/mol. The van der Waals surface area contributed by atoms with Crippen LogP contribution in [0, 0.1) is 0 Å². The van der Waals surface area contributed by atoms with E-state index < -0.39 is 0 Å². The molecule has 0 aromatic rings. The monoisotopic (exact) mass is 718 g/mol. The van der Waals surface area contributed by atoms with Crippen LogP contribution in [-0.2, 0) is 0 Å². The summed E-state index contributed by atoms with van der Waals surface area (Å²) in [6, 6.07) is 0. The highest BCUT2D eigenvalue weighted by Gasteiger charge is 1.98. The molecule has 0 rings (SSSR count). The molecular weight excluding hydrogens is 615 g/mol. The van der Waals surface area contributed by atoms with Gasteiger partial charge in [0, 0.05) is 0 Å². The first-order chi connectivity index (χ1) is 25.4. The van der Waals surface area contributed by atoms with Crippen molar-refractivity contribution in [2.24, 2.45) is 0 Å². The largest absolute Gasteiger partial charge is 0.317 e. The highest BCUT2D eigenvalue weighted by atomic mass is 14.8. The Labute approximate surface area is 326 Å². The Morgan fingerprint density at radius 1 is 0.157 bits per heavy atom. The van der Waals surface area contributed by atoms with Crippen LogP contribution in [0.4, 0.5) is 0 Å². The van der Waals surface area contributed by atoms with Crippen LogP contribution in [0.3, 0.4) is 0 Å². The minimum Gasteiger partial charge on any atom is -0.317 e. The maximum atomic E-state index is 3.57. The molecule has 308 valence electrons. The van der Waals surface area contributed by atoms with Crippen LogP contribution in [0.2, 0.25) is 0 Å². The molecule has 0 aliphatic rings. The van der Waals surface area contributed by atoms with E-state index in [0.29, 0.717) is 0 Å². The van der Waals surface area contributed by atoms with Crippen molar-refractivity contribution >= 4 is 0 Å². The number of nitrogens with one attached hydrogen (secondary N) is 1. The second-order valence-electron chi connectivity index (χ2n) is 17.3. The highest BCUT2D eigenvalue weighted by molar-refractivity contribution is 4.55. The molecule has 0 saturated carbocycles. The molecule has 0 bridgehead atoms. The summed E-state index contributed by atoms with van der Waals surface area (Å²) < 4.78 is 0. The molecule has 0 aromatic carbocycles. The van der Waals surface area contributed by atoms with Crippen molar-refractivity contribution in [2.75, 3.05) is 13.1 Å². The molecule has 0 aromatic heterocycles. The van der Waals surface area contributed by atoms with E-state index in [-0.39, 0.29) is 0 Å². The first-order valence-corrected chi connectivity index (χ1v) is 25.1. The summed E-state index contributed by atoms with van der Waals surface area (Å²) in [5, 5.41) is 3.57. The van der Waals surface area contributed by atoms with E-state index in [1.165, 1.54) is 308 Å². The Morgan fingerprint density at radius 3 is 0.471 bits per heavy atom. The fraction of sp³-hybridized carbons (Fsp3) is 1.00. The van der Waals surface area contributed by atoms with Gasteiger partial charge in [-0.3, -0.25) is 0 Å². The van der Waals surface area contributed by atoms with E-state index in [4.69, 9.17) is 0 Å². The number of hydrogen-bond acceptors (Lipinski definition) is 1. The van der Waals surface area contributed by atoms with Crippen LogP contribution in [0.5, 0.6) is 0 Å². The lowest BCUT2D eigenvalue weighted by Crippen LogP contribution is -2.16. The van der Waals surface area contributed by atoms with E-state index >= 15 is 0 Å². The van der Waals surface area contributed by atoms with Gasteiger partial charge in [0.2, 0.25) is 0 Å². The fourth-order valence-corrected chi connectivity index (χ4v) is 8.17. The Bertz CT molecular complexity index is 509. The molecule has 0 unspecified atom stereocenters. The second-order valence-corrected chi connectivity index (χ2v) is 17.3. The molecule has 0 radical (unpaired) electrons. The Balaban J connectivity index is 3.04. The molecule has 0 amide bonds. The molecule has 0 aliphatic heterocycles. The van der Waals surface area contributed by atoms with Gasteiger partial charge in [-0.1, -0.05) is 296 Å². The summed E-state index contributed by atoms with van der Waals surface area (Å²) in [5.41, 5.74) is 0. The summed E-state index contributed by atoms with van der Waals surface area (Å²) in [7, 11) is 0. The third kappa shape index (κ3) is 50.0. The number of rotatable bonds is 48. The van der Waals surface area contributed by atoms with Gasteiger partial charge in [-0.25, -0.2) is 0 Å². The molecule has 0 saturated heterocycles. The molecule has 0 atom stereocenters. The van der Waals surface area contributed by atoms with E-state index in [9.17, 15) is 0 Å². The summed E-state index contributed by atoms with van der Waals surface area (Å²) in [6.07, 6.45) is 67.9. The lowest BCUT2D eigenvalue weighted by molar-refractivity contribution is 0.508. The smallest absolute Gasteiger partial charge is 0.00489 e. The van der Waals surface area contributed by atoms with Gasteiger partial charge in [-0.2, -0.15) is 0 Å². The minimum atomic E-state index is 1.22. The highest BCUT2D eigenvalue weighted by Crippen LogP contribution is 2.18. The van der Waals surface area contributed by atoms with Crippen LogP contribution < -0.4 is 5.32 Å². The number of hydrogen-bond donors (Lipinski definition) is 1. The van der Waals surface area contributed by atoms with Crippen molar-refractivity contribution in [2.45, 2.75) is 309 Å². The Hall–Kier alpha value is -0.0400. The molecule has 0 heterocycles. The van der Waals surface area contributed by atoms with Crippen LogP contribution in [0.1, 0.15) is 309 Å². The molecule has 1 nitrogen and oxygen atoms in total. The summed E-state index contributed by atoms with van der Waals surface area (Å²) >= 11 is 0. The van der Waals surface area contributed by atoms with Gasteiger partial charge in [0.25, 0.3) is 0 Å². The van der Waals surface area contributed by atoms with E-state index in [1.54, 1.807) is 0 Å².